The Labute approximate surface area is 84.5 Å². The summed E-state index contributed by atoms with van der Waals surface area (Å²) in [6, 6.07) is 0.0174. The molecule has 1 rings (SSSR count). The third-order valence-electron chi connectivity index (χ3n) is 1.42. The molecule has 7 heteroatoms. The van der Waals surface area contributed by atoms with Crippen LogP contribution in [0.25, 0.3) is 0 Å². The summed E-state index contributed by atoms with van der Waals surface area (Å²) in [6.07, 6.45) is 0. The van der Waals surface area contributed by atoms with Crippen LogP contribution in [-0.2, 0) is 7.05 Å². The van der Waals surface area contributed by atoms with Gasteiger partial charge in [-0.2, -0.15) is 4.98 Å². The van der Waals surface area contributed by atoms with Gasteiger partial charge in [0.1, 0.15) is 0 Å². The van der Waals surface area contributed by atoms with E-state index in [-0.39, 0.29) is 6.04 Å². The SMILES string of the molecule is C[C@H](N)CSc1nc(=O)c(=O)[nH]n1C. The summed E-state index contributed by atoms with van der Waals surface area (Å²) in [5, 5.41) is 2.82. The first kappa shape index (κ1) is 11.0. The smallest absolute Gasteiger partial charge is 0.327 e. The Bertz CT molecular complexity index is 422. The average molecular weight is 216 g/mol. The molecule has 78 valence electrons. The Morgan fingerprint density at radius 3 is 2.86 bits per heavy atom. The van der Waals surface area contributed by atoms with E-state index in [4.69, 9.17) is 5.73 Å². The third kappa shape index (κ3) is 2.71. The van der Waals surface area contributed by atoms with Gasteiger partial charge in [0, 0.05) is 18.8 Å². The lowest BCUT2D eigenvalue weighted by Gasteiger charge is -2.06. The largest absolute Gasteiger partial charge is 0.339 e. The quantitative estimate of drug-likeness (QED) is 0.494. The highest BCUT2D eigenvalue weighted by atomic mass is 32.2. The summed E-state index contributed by atoms with van der Waals surface area (Å²) in [5.74, 6) is 0.645. The van der Waals surface area contributed by atoms with Gasteiger partial charge in [-0.05, 0) is 6.92 Å². The van der Waals surface area contributed by atoms with E-state index >= 15 is 0 Å². The van der Waals surface area contributed by atoms with Crippen LogP contribution in [0.1, 0.15) is 6.92 Å². The number of hydrogen-bond donors (Lipinski definition) is 2. The van der Waals surface area contributed by atoms with Gasteiger partial charge in [-0.15, -0.1) is 0 Å². The van der Waals surface area contributed by atoms with E-state index in [2.05, 4.69) is 10.1 Å². The van der Waals surface area contributed by atoms with Crippen LogP contribution in [0.2, 0.25) is 0 Å². The van der Waals surface area contributed by atoms with E-state index < -0.39 is 11.1 Å². The fraction of sp³-hybridized carbons (Fsp3) is 0.571. The number of H-pyrrole nitrogens is 1. The van der Waals surface area contributed by atoms with Crippen LogP contribution in [0, 0.1) is 0 Å². The zero-order valence-corrected chi connectivity index (χ0v) is 8.80. The van der Waals surface area contributed by atoms with Gasteiger partial charge in [0.25, 0.3) is 0 Å². The standard InChI is InChI=1S/C7H12N4O2S/c1-4(8)3-14-7-9-5(12)6(13)10-11(7)2/h4H,3,8H2,1-2H3,(H,10,13)/t4-/m0/s1. The normalized spacial score (nSPS) is 12.8. The van der Waals surface area contributed by atoms with Crippen molar-refractivity contribution in [2.75, 3.05) is 5.75 Å². The van der Waals surface area contributed by atoms with Crippen molar-refractivity contribution in [3.63, 3.8) is 0 Å². The van der Waals surface area contributed by atoms with Gasteiger partial charge in [-0.3, -0.25) is 19.4 Å². The second kappa shape index (κ2) is 4.43. The molecule has 0 unspecified atom stereocenters. The van der Waals surface area contributed by atoms with Crippen molar-refractivity contribution in [2.45, 2.75) is 18.1 Å². The molecule has 1 atom stereocenters. The lowest BCUT2D eigenvalue weighted by atomic mass is 10.4. The van der Waals surface area contributed by atoms with E-state index in [1.54, 1.807) is 7.05 Å². The average Bonchev–Trinajstić information content (AvgIpc) is 2.09. The Hall–Kier alpha value is -1.08. The first-order valence-corrected chi connectivity index (χ1v) is 5.05. The minimum Gasteiger partial charge on any atom is -0.327 e. The molecular formula is C7H12N4O2S. The zero-order valence-electron chi connectivity index (χ0n) is 7.98. The molecule has 1 heterocycles. The van der Waals surface area contributed by atoms with E-state index in [0.29, 0.717) is 10.9 Å². The maximum absolute atomic E-state index is 10.9. The Balaban J connectivity index is 2.93. The van der Waals surface area contributed by atoms with Crippen LogP contribution in [0.3, 0.4) is 0 Å². The summed E-state index contributed by atoms with van der Waals surface area (Å²) in [4.78, 5) is 25.4. The molecule has 0 saturated heterocycles. The minimum atomic E-state index is -0.768. The Morgan fingerprint density at radius 1 is 1.64 bits per heavy atom. The predicted molar refractivity (Wildman–Crippen MR) is 54.5 cm³/mol. The predicted octanol–water partition coefficient (Wildman–Crippen LogP) is -1.09. The maximum atomic E-state index is 10.9. The fourth-order valence-corrected chi connectivity index (χ4v) is 1.59. The van der Waals surface area contributed by atoms with Crippen LogP contribution in [0.4, 0.5) is 0 Å². The maximum Gasteiger partial charge on any atom is 0.339 e. The number of nitrogens with zero attached hydrogens (tertiary/aromatic N) is 2. The van der Waals surface area contributed by atoms with Gasteiger partial charge in [0.05, 0.1) is 0 Å². The van der Waals surface area contributed by atoms with Crippen LogP contribution in [0.5, 0.6) is 0 Å². The van der Waals surface area contributed by atoms with Crippen LogP contribution in [0.15, 0.2) is 14.7 Å². The summed E-state index contributed by atoms with van der Waals surface area (Å²) in [7, 11) is 1.62. The number of rotatable bonds is 3. The van der Waals surface area contributed by atoms with Gasteiger partial charge in [0.2, 0.25) is 0 Å². The number of hydrogen-bond acceptors (Lipinski definition) is 5. The topological polar surface area (TPSA) is 93.8 Å². The molecule has 0 saturated carbocycles. The minimum absolute atomic E-state index is 0.0174. The second-order valence-corrected chi connectivity index (χ2v) is 3.97. The first-order valence-electron chi connectivity index (χ1n) is 4.06. The highest BCUT2D eigenvalue weighted by Crippen LogP contribution is 2.11. The second-order valence-electron chi connectivity index (χ2n) is 2.99. The number of aromatic nitrogens is 3. The molecule has 1 aromatic rings. The Morgan fingerprint density at radius 2 is 2.29 bits per heavy atom. The van der Waals surface area contributed by atoms with Crippen molar-refractivity contribution in [1.29, 1.82) is 0 Å². The number of aryl methyl sites for hydroxylation is 1. The third-order valence-corrected chi connectivity index (χ3v) is 2.74. The summed E-state index contributed by atoms with van der Waals surface area (Å²) in [6.45, 7) is 1.86. The van der Waals surface area contributed by atoms with Crippen molar-refractivity contribution >= 4 is 11.8 Å². The van der Waals surface area contributed by atoms with Gasteiger partial charge < -0.3 is 5.73 Å². The summed E-state index contributed by atoms with van der Waals surface area (Å²) >= 11 is 1.33. The molecule has 3 N–H and O–H groups in total. The van der Waals surface area contributed by atoms with Crippen molar-refractivity contribution < 1.29 is 0 Å². The van der Waals surface area contributed by atoms with Crippen molar-refractivity contribution in [2.24, 2.45) is 12.8 Å². The molecule has 14 heavy (non-hydrogen) atoms. The highest BCUT2D eigenvalue weighted by molar-refractivity contribution is 7.99. The zero-order chi connectivity index (χ0) is 10.7. The molecule has 6 nitrogen and oxygen atoms in total. The number of thioether (sulfide) groups is 1. The molecule has 1 aromatic heterocycles. The van der Waals surface area contributed by atoms with Crippen molar-refractivity contribution in [3.05, 3.63) is 20.7 Å². The van der Waals surface area contributed by atoms with Crippen molar-refractivity contribution in [3.8, 4) is 0 Å². The van der Waals surface area contributed by atoms with E-state index in [1.165, 1.54) is 16.4 Å². The molecule has 0 spiro atoms. The molecule has 0 bridgehead atoms. The van der Waals surface area contributed by atoms with Crippen LogP contribution < -0.4 is 16.9 Å². The van der Waals surface area contributed by atoms with Gasteiger partial charge in [0.15, 0.2) is 5.16 Å². The Kier molecular flexibility index (Phi) is 3.48. The van der Waals surface area contributed by atoms with Gasteiger partial charge >= 0.3 is 11.1 Å². The molecular weight excluding hydrogens is 204 g/mol. The number of aromatic amines is 1. The van der Waals surface area contributed by atoms with Crippen LogP contribution >= 0.6 is 11.8 Å². The van der Waals surface area contributed by atoms with Gasteiger partial charge in [-0.1, -0.05) is 11.8 Å². The first-order chi connectivity index (χ1) is 6.50. The molecule has 0 aliphatic rings. The van der Waals surface area contributed by atoms with E-state index in [1.807, 2.05) is 6.92 Å². The van der Waals surface area contributed by atoms with Crippen LogP contribution in [-0.4, -0.2) is 26.6 Å². The molecule has 0 fully saturated rings. The summed E-state index contributed by atoms with van der Waals surface area (Å²) < 4.78 is 1.41. The van der Waals surface area contributed by atoms with E-state index in [0.717, 1.165) is 0 Å². The van der Waals surface area contributed by atoms with E-state index in [9.17, 15) is 9.59 Å². The lowest BCUT2D eigenvalue weighted by molar-refractivity contribution is 0.596. The van der Waals surface area contributed by atoms with Crippen molar-refractivity contribution in [1.82, 2.24) is 14.8 Å². The summed E-state index contributed by atoms with van der Waals surface area (Å²) in [5.41, 5.74) is 4.07. The molecule has 0 aliphatic heterocycles. The number of nitrogens with one attached hydrogen (secondary N) is 1. The molecule has 0 radical (unpaired) electrons. The lowest BCUT2D eigenvalue weighted by Crippen LogP contribution is -2.34. The molecule has 0 amide bonds. The highest BCUT2D eigenvalue weighted by Gasteiger charge is 2.05. The fourth-order valence-electron chi connectivity index (χ4n) is 0.796. The van der Waals surface area contributed by atoms with Gasteiger partial charge in [-0.25, -0.2) is 0 Å². The monoisotopic (exact) mass is 216 g/mol. The molecule has 0 aromatic carbocycles. The molecule has 0 aliphatic carbocycles. The number of nitrogens with two attached hydrogens (primary N) is 1.